The Kier molecular flexibility index (Phi) is 5.97. The highest BCUT2D eigenvalue weighted by molar-refractivity contribution is 8.00. The third kappa shape index (κ3) is 4.69. The van der Waals surface area contributed by atoms with Crippen LogP contribution in [0.5, 0.6) is 5.75 Å². The molecular formula is C15H21N5O2S. The van der Waals surface area contributed by atoms with Gasteiger partial charge in [0.05, 0.1) is 17.9 Å². The molecule has 1 aromatic carbocycles. The van der Waals surface area contributed by atoms with E-state index in [9.17, 15) is 4.79 Å². The zero-order valence-corrected chi connectivity index (χ0v) is 14.5. The van der Waals surface area contributed by atoms with Crippen molar-refractivity contribution in [3.05, 3.63) is 24.3 Å². The summed E-state index contributed by atoms with van der Waals surface area (Å²) >= 11 is 1.33. The van der Waals surface area contributed by atoms with Crippen LogP contribution >= 0.6 is 11.8 Å². The van der Waals surface area contributed by atoms with Crippen molar-refractivity contribution in [3.8, 4) is 5.75 Å². The van der Waals surface area contributed by atoms with Crippen molar-refractivity contribution < 1.29 is 9.53 Å². The van der Waals surface area contributed by atoms with Crippen LogP contribution in [0.2, 0.25) is 0 Å². The number of amides is 1. The first-order valence-corrected chi connectivity index (χ1v) is 8.37. The van der Waals surface area contributed by atoms with Crippen LogP contribution < -0.4 is 10.1 Å². The van der Waals surface area contributed by atoms with E-state index in [1.54, 1.807) is 4.68 Å². The molecule has 2 rings (SSSR count). The largest absolute Gasteiger partial charge is 0.494 e. The summed E-state index contributed by atoms with van der Waals surface area (Å²) in [4.78, 5) is 12.3. The smallest absolute Gasteiger partial charge is 0.237 e. The molecular weight excluding hydrogens is 314 g/mol. The van der Waals surface area contributed by atoms with Crippen molar-refractivity contribution in [2.75, 3.05) is 11.9 Å². The lowest BCUT2D eigenvalue weighted by Crippen LogP contribution is -2.23. The maximum atomic E-state index is 12.3. The number of thioether (sulfide) groups is 1. The van der Waals surface area contributed by atoms with Crippen molar-refractivity contribution in [3.63, 3.8) is 0 Å². The fourth-order valence-electron chi connectivity index (χ4n) is 1.84. The highest BCUT2D eigenvalue weighted by Crippen LogP contribution is 2.24. The van der Waals surface area contributed by atoms with Crippen LogP contribution in [-0.2, 0) is 4.79 Å². The monoisotopic (exact) mass is 335 g/mol. The predicted molar refractivity (Wildman–Crippen MR) is 89.8 cm³/mol. The van der Waals surface area contributed by atoms with Gasteiger partial charge in [0.15, 0.2) is 0 Å². The highest BCUT2D eigenvalue weighted by Gasteiger charge is 2.19. The Morgan fingerprint density at radius 1 is 1.30 bits per heavy atom. The number of carbonyl (C=O) groups excluding carboxylic acids is 1. The Hall–Kier alpha value is -2.09. The molecule has 8 heteroatoms. The minimum atomic E-state index is -0.315. The average Bonchev–Trinajstić information content (AvgIpc) is 2.97. The number of nitrogens with zero attached hydrogens (tertiary/aromatic N) is 4. The maximum Gasteiger partial charge on any atom is 0.237 e. The first kappa shape index (κ1) is 17.3. The number of hydrogen-bond donors (Lipinski definition) is 1. The first-order chi connectivity index (χ1) is 11.0. The quantitative estimate of drug-likeness (QED) is 0.784. The second-order valence-corrected chi connectivity index (χ2v) is 6.51. The summed E-state index contributed by atoms with van der Waals surface area (Å²) in [6.07, 6.45) is 0. The fraction of sp³-hybridized carbons (Fsp3) is 0.467. The standard InChI is InChI=1S/C15H21N5O2S/c1-5-22-13-8-6-12(7-9-13)16-14(21)11(4)23-15-17-18-19-20(15)10(2)3/h6-11H,5H2,1-4H3,(H,16,21). The fourth-order valence-corrected chi connectivity index (χ4v) is 2.77. The zero-order valence-electron chi connectivity index (χ0n) is 13.7. The summed E-state index contributed by atoms with van der Waals surface area (Å²) in [7, 11) is 0. The molecule has 124 valence electrons. The van der Waals surface area contributed by atoms with E-state index in [0.29, 0.717) is 11.8 Å². The summed E-state index contributed by atoms with van der Waals surface area (Å²) < 4.78 is 7.08. The maximum absolute atomic E-state index is 12.3. The second-order valence-electron chi connectivity index (χ2n) is 5.21. The van der Waals surface area contributed by atoms with E-state index in [4.69, 9.17) is 4.74 Å². The van der Waals surface area contributed by atoms with E-state index in [1.165, 1.54) is 11.8 Å². The van der Waals surface area contributed by atoms with Crippen LogP contribution in [0, 0.1) is 0 Å². The van der Waals surface area contributed by atoms with Crippen LogP contribution in [0.4, 0.5) is 5.69 Å². The number of carbonyl (C=O) groups is 1. The highest BCUT2D eigenvalue weighted by atomic mass is 32.2. The molecule has 1 amide bonds. The Bertz CT molecular complexity index is 642. The van der Waals surface area contributed by atoms with E-state index in [1.807, 2.05) is 52.0 Å². The van der Waals surface area contributed by atoms with E-state index in [0.717, 1.165) is 11.4 Å². The molecule has 0 saturated heterocycles. The molecule has 1 N–H and O–H groups in total. The number of rotatable bonds is 7. The molecule has 1 aromatic heterocycles. The first-order valence-electron chi connectivity index (χ1n) is 7.49. The molecule has 0 fully saturated rings. The Morgan fingerprint density at radius 2 is 2.00 bits per heavy atom. The van der Waals surface area contributed by atoms with Crippen LogP contribution in [0.1, 0.15) is 33.7 Å². The molecule has 2 aromatic rings. The zero-order chi connectivity index (χ0) is 16.8. The van der Waals surface area contributed by atoms with Gasteiger partial charge in [-0.1, -0.05) is 11.8 Å². The Morgan fingerprint density at radius 3 is 2.61 bits per heavy atom. The molecule has 7 nitrogen and oxygen atoms in total. The molecule has 0 aliphatic carbocycles. The number of ether oxygens (including phenoxy) is 1. The van der Waals surface area contributed by atoms with Gasteiger partial charge in [-0.25, -0.2) is 4.68 Å². The minimum Gasteiger partial charge on any atom is -0.494 e. The van der Waals surface area contributed by atoms with Gasteiger partial charge in [-0.2, -0.15) is 0 Å². The third-order valence-electron chi connectivity index (χ3n) is 3.04. The molecule has 23 heavy (non-hydrogen) atoms. The van der Waals surface area contributed by atoms with E-state index in [2.05, 4.69) is 20.8 Å². The summed E-state index contributed by atoms with van der Waals surface area (Å²) in [6.45, 7) is 8.35. The topological polar surface area (TPSA) is 81.9 Å². The van der Waals surface area contributed by atoms with Crippen molar-refractivity contribution >= 4 is 23.4 Å². The molecule has 1 atom stereocenters. The summed E-state index contributed by atoms with van der Waals surface area (Å²) in [5.74, 6) is 0.682. The van der Waals surface area contributed by atoms with Gasteiger partial charge in [0, 0.05) is 5.69 Å². The number of nitrogens with one attached hydrogen (secondary N) is 1. The second kappa shape index (κ2) is 7.96. The van der Waals surface area contributed by atoms with Crippen LogP contribution in [0.15, 0.2) is 29.4 Å². The average molecular weight is 335 g/mol. The Labute approximate surface area is 139 Å². The summed E-state index contributed by atoms with van der Waals surface area (Å²) in [6, 6.07) is 7.44. The lowest BCUT2D eigenvalue weighted by molar-refractivity contribution is -0.115. The van der Waals surface area contributed by atoms with Gasteiger partial charge in [-0.3, -0.25) is 4.79 Å². The lowest BCUT2D eigenvalue weighted by atomic mass is 10.3. The van der Waals surface area contributed by atoms with E-state index >= 15 is 0 Å². The van der Waals surface area contributed by atoms with Gasteiger partial charge in [-0.05, 0) is 62.4 Å². The summed E-state index contributed by atoms with van der Waals surface area (Å²) in [5.41, 5.74) is 0.731. The molecule has 0 bridgehead atoms. The number of hydrogen-bond acceptors (Lipinski definition) is 6. The molecule has 1 unspecified atom stereocenters. The number of tetrazole rings is 1. The van der Waals surface area contributed by atoms with E-state index < -0.39 is 0 Å². The van der Waals surface area contributed by atoms with Crippen LogP contribution in [0.25, 0.3) is 0 Å². The van der Waals surface area contributed by atoms with Gasteiger partial charge in [0.1, 0.15) is 5.75 Å². The van der Waals surface area contributed by atoms with Crippen LogP contribution in [-0.4, -0.2) is 38.0 Å². The number of anilines is 1. The van der Waals surface area contributed by atoms with Gasteiger partial charge < -0.3 is 10.1 Å². The van der Waals surface area contributed by atoms with Crippen molar-refractivity contribution in [2.24, 2.45) is 0 Å². The molecule has 0 spiro atoms. The van der Waals surface area contributed by atoms with Crippen molar-refractivity contribution in [1.29, 1.82) is 0 Å². The SMILES string of the molecule is CCOc1ccc(NC(=O)C(C)Sc2nnnn2C(C)C)cc1. The molecule has 0 radical (unpaired) electrons. The normalized spacial score (nSPS) is 12.2. The predicted octanol–water partition coefficient (Wildman–Crippen LogP) is 2.77. The number of benzene rings is 1. The van der Waals surface area contributed by atoms with Crippen molar-refractivity contribution in [2.45, 2.75) is 44.1 Å². The minimum absolute atomic E-state index is 0.0996. The van der Waals surface area contributed by atoms with Gasteiger partial charge in [-0.15, -0.1) is 5.10 Å². The van der Waals surface area contributed by atoms with Gasteiger partial charge >= 0.3 is 0 Å². The van der Waals surface area contributed by atoms with Gasteiger partial charge in [0.25, 0.3) is 0 Å². The lowest BCUT2D eigenvalue weighted by Gasteiger charge is -2.13. The van der Waals surface area contributed by atoms with E-state index in [-0.39, 0.29) is 17.2 Å². The molecule has 0 aliphatic rings. The molecule has 0 aliphatic heterocycles. The van der Waals surface area contributed by atoms with Crippen molar-refractivity contribution in [1.82, 2.24) is 20.2 Å². The summed E-state index contributed by atoms with van der Waals surface area (Å²) in [5, 5.41) is 14.8. The third-order valence-corrected chi connectivity index (χ3v) is 4.08. The Balaban J connectivity index is 1.95. The number of aromatic nitrogens is 4. The molecule has 0 saturated carbocycles. The van der Waals surface area contributed by atoms with Crippen LogP contribution in [0.3, 0.4) is 0 Å². The molecule has 1 heterocycles. The van der Waals surface area contributed by atoms with Gasteiger partial charge in [0.2, 0.25) is 11.1 Å².